The van der Waals surface area contributed by atoms with Crippen molar-refractivity contribution >= 4 is 50.5 Å². The van der Waals surface area contributed by atoms with E-state index in [-0.39, 0.29) is 23.2 Å². The molecule has 42 heavy (non-hydrogen) atoms. The molecule has 214 valence electrons. The van der Waals surface area contributed by atoms with Crippen molar-refractivity contribution in [1.29, 1.82) is 0 Å². The van der Waals surface area contributed by atoms with Crippen LogP contribution in [0.15, 0.2) is 91.1 Å². The monoisotopic (exact) mass is 600 g/mol. The summed E-state index contributed by atoms with van der Waals surface area (Å²) in [7, 11) is 0. The third-order valence-corrected chi connectivity index (χ3v) is 7.64. The van der Waals surface area contributed by atoms with Gasteiger partial charge in [-0.25, -0.2) is 4.39 Å². The lowest BCUT2D eigenvalue weighted by Crippen LogP contribution is -2.35. The molecule has 0 radical (unpaired) electrons. The second-order valence-corrected chi connectivity index (χ2v) is 10.9. The molecule has 4 N–H and O–H groups in total. The number of nitrogens with zero attached hydrogens (tertiary/aromatic N) is 1. The Morgan fingerprint density at radius 2 is 1.79 bits per heavy atom. The molecule has 3 aromatic carbocycles. The molecule has 0 bridgehead atoms. The number of nitrogens with two attached hydrogens (primary N) is 1. The van der Waals surface area contributed by atoms with Crippen molar-refractivity contribution in [2.75, 3.05) is 18.5 Å². The normalized spacial score (nSPS) is 10.8. The molecular formula is C32H29FN4O3S2. The zero-order valence-corrected chi connectivity index (χ0v) is 24.3. The van der Waals surface area contributed by atoms with Crippen LogP contribution in [0.25, 0.3) is 20.7 Å². The molecule has 0 aliphatic heterocycles. The Hall–Kier alpha value is -4.38. The van der Waals surface area contributed by atoms with Crippen molar-refractivity contribution in [3.8, 4) is 27.7 Å². The first-order valence-corrected chi connectivity index (χ1v) is 14.6. The van der Waals surface area contributed by atoms with Gasteiger partial charge in [-0.3, -0.25) is 9.78 Å². The van der Waals surface area contributed by atoms with Crippen LogP contribution in [-0.2, 0) is 11.2 Å². The van der Waals surface area contributed by atoms with Crippen LogP contribution in [0.4, 0.5) is 10.1 Å². The molecule has 10 heteroatoms. The number of benzene rings is 3. The third kappa shape index (κ3) is 7.67. The molecule has 0 fully saturated rings. The highest BCUT2D eigenvalue weighted by molar-refractivity contribution is 7.80. The summed E-state index contributed by atoms with van der Waals surface area (Å²) in [4.78, 5) is 17.7. The molecule has 2 heterocycles. The van der Waals surface area contributed by atoms with E-state index in [1.54, 1.807) is 18.3 Å². The minimum absolute atomic E-state index is 0.0539. The molecule has 0 atom stereocenters. The molecule has 7 nitrogen and oxygen atoms in total. The van der Waals surface area contributed by atoms with Gasteiger partial charge in [-0.2, -0.15) is 0 Å². The number of anilines is 1. The number of thiophene rings is 1. The third-order valence-electron chi connectivity index (χ3n) is 6.25. The van der Waals surface area contributed by atoms with Gasteiger partial charge in [-0.15, -0.1) is 11.3 Å². The number of amides is 1. The number of carbonyl (C=O) groups is 1. The van der Waals surface area contributed by atoms with Crippen LogP contribution >= 0.6 is 23.6 Å². The maximum atomic E-state index is 15.0. The largest absolute Gasteiger partial charge is 0.494 e. The summed E-state index contributed by atoms with van der Waals surface area (Å²) in [5, 5.41) is 5.54. The molecule has 0 saturated carbocycles. The minimum atomic E-state index is -0.581. The second kappa shape index (κ2) is 14.0. The average Bonchev–Trinajstić information content (AvgIpc) is 3.43. The Morgan fingerprint density at radius 1 is 0.976 bits per heavy atom. The van der Waals surface area contributed by atoms with Gasteiger partial charge < -0.3 is 25.8 Å². The zero-order valence-electron chi connectivity index (χ0n) is 22.6. The van der Waals surface area contributed by atoms with Crippen LogP contribution in [0.3, 0.4) is 0 Å². The number of hydrogen-bond donors (Lipinski definition) is 3. The molecule has 0 unspecified atom stereocenters. The van der Waals surface area contributed by atoms with E-state index in [1.165, 1.54) is 23.5 Å². The van der Waals surface area contributed by atoms with Crippen LogP contribution < -0.4 is 25.8 Å². The van der Waals surface area contributed by atoms with Gasteiger partial charge in [-0.1, -0.05) is 30.3 Å². The lowest BCUT2D eigenvalue weighted by molar-refractivity contribution is -0.119. The highest BCUT2D eigenvalue weighted by atomic mass is 32.1. The molecule has 0 aliphatic rings. The first kappa shape index (κ1) is 29.1. The van der Waals surface area contributed by atoms with Gasteiger partial charge in [0.15, 0.2) is 16.7 Å². The maximum Gasteiger partial charge on any atom is 0.230 e. The number of pyridine rings is 1. The van der Waals surface area contributed by atoms with Crippen LogP contribution in [0.2, 0.25) is 0 Å². The highest BCUT2D eigenvalue weighted by Crippen LogP contribution is 2.40. The van der Waals surface area contributed by atoms with Gasteiger partial charge in [0.25, 0.3) is 0 Å². The predicted molar refractivity (Wildman–Crippen MR) is 170 cm³/mol. The number of hydrogen-bond acceptors (Lipinski definition) is 7. The van der Waals surface area contributed by atoms with Gasteiger partial charge in [-0.05, 0) is 85.2 Å². The van der Waals surface area contributed by atoms with Crippen molar-refractivity contribution in [2.45, 2.75) is 19.3 Å². The van der Waals surface area contributed by atoms with Crippen molar-refractivity contribution in [3.05, 3.63) is 103 Å². The number of fused-ring (bicyclic) bond motifs is 1. The van der Waals surface area contributed by atoms with Crippen LogP contribution in [0.5, 0.6) is 17.2 Å². The van der Waals surface area contributed by atoms with Crippen molar-refractivity contribution in [1.82, 2.24) is 10.3 Å². The number of unbranched alkanes of at least 4 members (excludes halogenated alkanes) is 1. The standard InChI is InChI=1S/C32H29FN4O3S2/c33-25-19-23(36-32(41)37-30(38)18-21-6-2-1-3-7-21)10-13-27(25)40-28-14-16-35-26-20-29(42-31(26)28)22-8-11-24(12-9-22)39-17-5-4-15-34/h1-3,6-14,16,19-20H,4-5,15,17-18,34H2,(H2,36,37,38,41). The molecule has 0 aliphatic carbocycles. The Labute approximate surface area is 252 Å². The fraction of sp³-hybridized carbons (Fsp3) is 0.156. The van der Waals surface area contributed by atoms with Gasteiger partial charge in [0.2, 0.25) is 5.91 Å². The molecule has 0 saturated heterocycles. The molecule has 2 aromatic heterocycles. The van der Waals surface area contributed by atoms with Gasteiger partial charge in [0.1, 0.15) is 11.5 Å². The summed E-state index contributed by atoms with van der Waals surface area (Å²) in [5.41, 5.74) is 8.56. The lowest BCUT2D eigenvalue weighted by atomic mass is 10.1. The predicted octanol–water partition coefficient (Wildman–Crippen LogP) is 7.07. The summed E-state index contributed by atoms with van der Waals surface area (Å²) in [6.07, 6.45) is 3.68. The Bertz CT molecular complexity index is 1680. The van der Waals surface area contributed by atoms with Gasteiger partial charge in [0, 0.05) is 28.9 Å². The van der Waals surface area contributed by atoms with E-state index < -0.39 is 5.82 Å². The molecule has 0 spiro atoms. The van der Waals surface area contributed by atoms with E-state index in [0.29, 0.717) is 24.6 Å². The number of rotatable bonds is 11. The first-order chi connectivity index (χ1) is 20.5. The fourth-order valence-corrected chi connectivity index (χ4v) is 5.49. The number of aromatic nitrogens is 1. The van der Waals surface area contributed by atoms with Crippen molar-refractivity contribution < 1.29 is 18.7 Å². The number of halogens is 1. The van der Waals surface area contributed by atoms with E-state index in [4.69, 9.17) is 27.4 Å². The summed E-state index contributed by atoms with van der Waals surface area (Å²) < 4.78 is 27.6. The summed E-state index contributed by atoms with van der Waals surface area (Å²) in [5.74, 6) is 0.515. The van der Waals surface area contributed by atoms with Crippen LogP contribution in [0, 0.1) is 5.82 Å². The molecule has 5 rings (SSSR count). The SMILES string of the molecule is NCCCCOc1ccc(-c2cc3nccc(Oc4ccc(NC(=S)NC(=O)Cc5ccccc5)cc4F)c3s2)cc1. The van der Waals surface area contributed by atoms with E-state index in [0.717, 1.165) is 44.8 Å². The summed E-state index contributed by atoms with van der Waals surface area (Å²) in [6, 6.07) is 25.3. The van der Waals surface area contributed by atoms with Crippen LogP contribution in [-0.4, -0.2) is 29.2 Å². The van der Waals surface area contributed by atoms with Crippen LogP contribution in [0.1, 0.15) is 18.4 Å². The first-order valence-electron chi connectivity index (χ1n) is 13.4. The number of ether oxygens (including phenoxy) is 2. The lowest BCUT2D eigenvalue weighted by Gasteiger charge is -2.12. The topological polar surface area (TPSA) is 98.5 Å². The average molecular weight is 601 g/mol. The number of carbonyl (C=O) groups excluding carboxylic acids is 1. The van der Waals surface area contributed by atoms with E-state index in [2.05, 4.69) is 15.6 Å². The maximum absolute atomic E-state index is 15.0. The van der Waals surface area contributed by atoms with Crippen molar-refractivity contribution in [2.24, 2.45) is 5.73 Å². The summed E-state index contributed by atoms with van der Waals surface area (Å²) >= 11 is 6.74. The molecular weight excluding hydrogens is 572 g/mol. The summed E-state index contributed by atoms with van der Waals surface area (Å²) in [6.45, 7) is 1.30. The highest BCUT2D eigenvalue weighted by Gasteiger charge is 2.14. The quantitative estimate of drug-likeness (QED) is 0.110. The second-order valence-electron chi connectivity index (χ2n) is 9.41. The van der Waals surface area contributed by atoms with E-state index >= 15 is 4.39 Å². The van der Waals surface area contributed by atoms with E-state index in [1.807, 2.05) is 60.7 Å². The minimum Gasteiger partial charge on any atom is -0.494 e. The fourth-order valence-electron chi connectivity index (χ4n) is 4.18. The Balaban J connectivity index is 1.23. The number of thiocarbonyl (C=S) groups is 1. The van der Waals surface area contributed by atoms with Gasteiger partial charge in [0.05, 0.1) is 23.2 Å². The zero-order chi connectivity index (χ0) is 29.3. The Morgan fingerprint density at radius 3 is 2.55 bits per heavy atom. The Kier molecular flexibility index (Phi) is 9.70. The van der Waals surface area contributed by atoms with Crippen molar-refractivity contribution in [3.63, 3.8) is 0 Å². The van der Waals surface area contributed by atoms with E-state index in [9.17, 15) is 4.79 Å². The number of nitrogens with one attached hydrogen (secondary N) is 2. The molecule has 1 amide bonds. The smallest absolute Gasteiger partial charge is 0.230 e. The van der Waals surface area contributed by atoms with Gasteiger partial charge >= 0.3 is 0 Å². The molecule has 5 aromatic rings.